The van der Waals surface area contributed by atoms with Crippen molar-refractivity contribution in [1.29, 1.82) is 0 Å². The molecular formula is C17H21BrN2. The highest BCUT2D eigenvalue weighted by molar-refractivity contribution is 9.09. The molecule has 0 saturated carbocycles. The van der Waals surface area contributed by atoms with Gasteiger partial charge in [-0.05, 0) is 38.2 Å². The third kappa shape index (κ3) is 2.69. The van der Waals surface area contributed by atoms with E-state index in [0.717, 1.165) is 18.3 Å². The zero-order chi connectivity index (χ0) is 13.9. The summed E-state index contributed by atoms with van der Waals surface area (Å²) in [5.41, 5.74) is 4.23. The van der Waals surface area contributed by atoms with E-state index in [4.69, 9.17) is 4.98 Å². The van der Waals surface area contributed by atoms with Gasteiger partial charge in [0.15, 0.2) is 0 Å². The molecule has 0 spiro atoms. The number of hydrogen-bond acceptors (Lipinski definition) is 1. The molecule has 1 unspecified atom stereocenters. The maximum Gasteiger partial charge on any atom is 0.106 e. The van der Waals surface area contributed by atoms with Crippen molar-refractivity contribution >= 4 is 15.9 Å². The number of halogens is 1. The van der Waals surface area contributed by atoms with E-state index in [2.05, 4.69) is 57.8 Å². The Kier molecular flexibility index (Phi) is 4.25. The molecule has 1 aliphatic carbocycles. The van der Waals surface area contributed by atoms with Crippen molar-refractivity contribution in [3.05, 3.63) is 53.1 Å². The smallest absolute Gasteiger partial charge is 0.106 e. The van der Waals surface area contributed by atoms with Gasteiger partial charge in [-0.2, -0.15) is 0 Å². The normalized spacial score (nSPS) is 15.9. The van der Waals surface area contributed by atoms with Gasteiger partial charge in [0.25, 0.3) is 0 Å². The van der Waals surface area contributed by atoms with Crippen LogP contribution in [0.2, 0.25) is 0 Å². The summed E-state index contributed by atoms with van der Waals surface area (Å²) in [7, 11) is 0. The predicted molar refractivity (Wildman–Crippen MR) is 86.6 cm³/mol. The van der Waals surface area contributed by atoms with Crippen LogP contribution in [0.5, 0.6) is 0 Å². The molecule has 20 heavy (non-hydrogen) atoms. The van der Waals surface area contributed by atoms with Crippen molar-refractivity contribution in [2.75, 3.05) is 5.33 Å². The van der Waals surface area contributed by atoms with Gasteiger partial charge in [-0.3, -0.25) is 0 Å². The van der Waals surface area contributed by atoms with Crippen molar-refractivity contribution in [2.24, 2.45) is 0 Å². The van der Waals surface area contributed by atoms with Gasteiger partial charge in [0, 0.05) is 23.5 Å². The molecule has 2 aromatic rings. The third-order valence-corrected chi connectivity index (χ3v) is 5.07. The van der Waals surface area contributed by atoms with Crippen LogP contribution in [0.25, 0.3) is 0 Å². The molecule has 106 valence electrons. The molecule has 2 nitrogen and oxygen atoms in total. The molecular weight excluding hydrogens is 312 g/mol. The number of aromatic nitrogens is 2. The lowest BCUT2D eigenvalue weighted by Gasteiger charge is -2.20. The summed E-state index contributed by atoms with van der Waals surface area (Å²) in [6.07, 6.45) is 4.96. The van der Waals surface area contributed by atoms with E-state index >= 15 is 0 Å². The molecule has 0 fully saturated rings. The fourth-order valence-corrected chi connectivity index (χ4v) is 3.75. The first-order chi connectivity index (χ1) is 9.79. The second kappa shape index (κ2) is 6.13. The predicted octanol–water partition coefficient (Wildman–Crippen LogP) is 4.25. The van der Waals surface area contributed by atoms with Crippen LogP contribution in [0.4, 0.5) is 0 Å². The monoisotopic (exact) mass is 332 g/mol. The lowest BCUT2D eigenvalue weighted by atomic mass is 9.99. The highest BCUT2D eigenvalue weighted by atomic mass is 79.9. The van der Waals surface area contributed by atoms with Crippen molar-refractivity contribution < 1.29 is 0 Å². The Labute approximate surface area is 129 Å². The number of alkyl halides is 1. The van der Waals surface area contributed by atoms with E-state index in [-0.39, 0.29) is 0 Å². The van der Waals surface area contributed by atoms with Gasteiger partial charge < -0.3 is 4.57 Å². The topological polar surface area (TPSA) is 17.8 Å². The fraction of sp³-hybridized carbons (Fsp3) is 0.471. The second-order valence-electron chi connectivity index (χ2n) is 5.63. The second-order valence-corrected chi connectivity index (χ2v) is 6.28. The Bertz CT molecular complexity index is 574. The molecule has 0 radical (unpaired) electrons. The van der Waals surface area contributed by atoms with Crippen molar-refractivity contribution in [3.63, 3.8) is 0 Å². The molecule has 0 bridgehead atoms. The van der Waals surface area contributed by atoms with Gasteiger partial charge in [-0.1, -0.05) is 46.3 Å². The molecule has 3 heteroatoms. The lowest BCUT2D eigenvalue weighted by Crippen LogP contribution is -2.15. The Hall–Kier alpha value is -1.09. The van der Waals surface area contributed by atoms with Crippen molar-refractivity contribution in [1.82, 2.24) is 9.55 Å². The zero-order valence-corrected chi connectivity index (χ0v) is 13.6. The molecule has 1 atom stereocenters. The number of nitrogens with zero attached hydrogens (tertiary/aromatic N) is 2. The summed E-state index contributed by atoms with van der Waals surface area (Å²) in [4.78, 5) is 4.78. The van der Waals surface area contributed by atoms with Gasteiger partial charge in [0.1, 0.15) is 5.82 Å². The van der Waals surface area contributed by atoms with Gasteiger partial charge in [-0.15, -0.1) is 0 Å². The quantitative estimate of drug-likeness (QED) is 0.765. The molecule has 1 heterocycles. The van der Waals surface area contributed by atoms with Crippen LogP contribution in [0, 0.1) is 6.92 Å². The number of fused-ring (bicyclic) bond motifs is 1. The minimum Gasteiger partial charge on any atom is -0.331 e. The first-order valence-corrected chi connectivity index (χ1v) is 8.57. The number of benzene rings is 1. The first-order valence-electron chi connectivity index (χ1n) is 7.45. The largest absolute Gasteiger partial charge is 0.331 e. The number of rotatable bonds is 4. The van der Waals surface area contributed by atoms with Crippen LogP contribution in [0.1, 0.15) is 41.5 Å². The maximum atomic E-state index is 4.78. The van der Waals surface area contributed by atoms with Gasteiger partial charge in [-0.25, -0.2) is 4.98 Å². The summed E-state index contributed by atoms with van der Waals surface area (Å²) in [6.45, 7) is 3.18. The first kappa shape index (κ1) is 13.9. The van der Waals surface area contributed by atoms with E-state index in [1.807, 2.05) is 0 Å². The SMILES string of the molecule is Cc1nc2c(n1CC(CBr)c1ccccc1)CCCC2. The molecule has 1 aromatic heterocycles. The summed E-state index contributed by atoms with van der Waals surface area (Å²) in [5.74, 6) is 1.69. The molecule has 0 aliphatic heterocycles. The van der Waals surface area contributed by atoms with Crippen LogP contribution in [-0.2, 0) is 19.4 Å². The number of hydrogen-bond donors (Lipinski definition) is 0. The van der Waals surface area contributed by atoms with Gasteiger partial charge in [0.05, 0.1) is 5.69 Å². The summed E-state index contributed by atoms with van der Waals surface area (Å²) in [5, 5.41) is 0.989. The van der Waals surface area contributed by atoms with E-state index in [9.17, 15) is 0 Å². The lowest BCUT2D eigenvalue weighted by molar-refractivity contribution is 0.551. The van der Waals surface area contributed by atoms with Crippen LogP contribution < -0.4 is 0 Å². The van der Waals surface area contributed by atoms with Crippen molar-refractivity contribution in [2.45, 2.75) is 45.1 Å². The van der Waals surface area contributed by atoms with E-state index in [1.165, 1.54) is 42.0 Å². The van der Waals surface area contributed by atoms with Crippen molar-refractivity contribution in [3.8, 4) is 0 Å². The third-order valence-electron chi connectivity index (χ3n) is 4.28. The van der Waals surface area contributed by atoms with Gasteiger partial charge in [0.2, 0.25) is 0 Å². The maximum absolute atomic E-state index is 4.78. The number of aryl methyl sites for hydroxylation is 2. The van der Waals surface area contributed by atoms with Crippen LogP contribution >= 0.6 is 15.9 Å². The summed E-state index contributed by atoms with van der Waals surface area (Å²) < 4.78 is 2.45. The minimum absolute atomic E-state index is 0.509. The Morgan fingerprint density at radius 3 is 2.70 bits per heavy atom. The van der Waals surface area contributed by atoms with Crippen LogP contribution in [0.3, 0.4) is 0 Å². The van der Waals surface area contributed by atoms with E-state index in [1.54, 1.807) is 0 Å². The van der Waals surface area contributed by atoms with E-state index < -0.39 is 0 Å². The average Bonchev–Trinajstić information content (AvgIpc) is 2.81. The number of imidazole rings is 1. The average molecular weight is 333 g/mol. The zero-order valence-electron chi connectivity index (χ0n) is 12.0. The van der Waals surface area contributed by atoms with Crippen LogP contribution in [-0.4, -0.2) is 14.9 Å². The van der Waals surface area contributed by atoms with Gasteiger partial charge >= 0.3 is 0 Å². The highest BCUT2D eigenvalue weighted by Gasteiger charge is 2.20. The molecule has 0 saturated heterocycles. The fourth-order valence-electron chi connectivity index (χ4n) is 3.17. The van der Waals surface area contributed by atoms with E-state index in [0.29, 0.717) is 5.92 Å². The summed E-state index contributed by atoms with van der Waals surface area (Å²) >= 11 is 3.69. The standard InChI is InChI=1S/C17H21BrN2/c1-13-19-16-9-5-6-10-17(16)20(13)12-15(11-18)14-7-3-2-4-8-14/h2-4,7-8,15H,5-6,9-12H2,1H3. The Balaban J connectivity index is 1.88. The minimum atomic E-state index is 0.509. The summed E-state index contributed by atoms with van der Waals surface area (Å²) in [6, 6.07) is 10.8. The molecule has 1 aromatic carbocycles. The Morgan fingerprint density at radius 1 is 1.20 bits per heavy atom. The molecule has 0 amide bonds. The highest BCUT2D eigenvalue weighted by Crippen LogP contribution is 2.26. The van der Waals surface area contributed by atoms with Crippen LogP contribution in [0.15, 0.2) is 30.3 Å². The molecule has 3 rings (SSSR count). The Morgan fingerprint density at radius 2 is 1.95 bits per heavy atom. The molecule has 0 N–H and O–H groups in total. The molecule has 1 aliphatic rings.